The number of hydrogen-bond donors (Lipinski definition) is 1. The molecule has 0 aliphatic carbocycles. The number of alkyl halides is 2. The molecule has 0 amide bonds. The quantitative estimate of drug-likeness (QED) is 0.865. The van der Waals surface area contributed by atoms with E-state index in [1.807, 2.05) is 6.07 Å². The molecule has 1 aromatic rings. The lowest BCUT2D eigenvalue weighted by Crippen LogP contribution is -2.37. The van der Waals surface area contributed by atoms with E-state index >= 15 is 0 Å². The lowest BCUT2D eigenvalue weighted by molar-refractivity contribution is -0.0499. The molecule has 118 valence electrons. The van der Waals surface area contributed by atoms with Crippen LogP contribution in [0.5, 0.6) is 5.75 Å². The van der Waals surface area contributed by atoms with Gasteiger partial charge in [0.05, 0.1) is 0 Å². The number of fused-ring (bicyclic) bond motifs is 1. The van der Waals surface area contributed by atoms with Crippen LogP contribution in [0.2, 0.25) is 0 Å². The summed E-state index contributed by atoms with van der Waals surface area (Å²) in [5.74, 6) is 0.855. The third-order valence-corrected chi connectivity index (χ3v) is 4.10. The van der Waals surface area contributed by atoms with Crippen molar-refractivity contribution in [1.82, 2.24) is 5.32 Å². The van der Waals surface area contributed by atoms with Gasteiger partial charge in [-0.1, -0.05) is 33.8 Å². The van der Waals surface area contributed by atoms with Crippen molar-refractivity contribution in [3.05, 3.63) is 29.3 Å². The first-order chi connectivity index (χ1) is 9.77. The van der Waals surface area contributed by atoms with Crippen molar-refractivity contribution >= 4 is 0 Å². The highest BCUT2D eigenvalue weighted by Gasteiger charge is 2.30. The van der Waals surface area contributed by atoms with E-state index in [0.29, 0.717) is 5.92 Å². The van der Waals surface area contributed by atoms with Gasteiger partial charge in [0.15, 0.2) is 0 Å². The number of ether oxygens (including phenoxy) is 1. The molecular weight excluding hydrogens is 272 g/mol. The fourth-order valence-corrected chi connectivity index (χ4v) is 2.95. The zero-order valence-corrected chi connectivity index (χ0v) is 13.2. The number of nitrogens with one attached hydrogen (secondary N) is 1. The second kappa shape index (κ2) is 6.30. The molecule has 2 nitrogen and oxygen atoms in total. The van der Waals surface area contributed by atoms with Gasteiger partial charge in [0.1, 0.15) is 5.75 Å². The highest BCUT2D eigenvalue weighted by Crippen LogP contribution is 2.38. The van der Waals surface area contributed by atoms with Crippen molar-refractivity contribution in [1.29, 1.82) is 0 Å². The minimum absolute atomic E-state index is 0.00919. The zero-order chi connectivity index (χ0) is 15.6. The lowest BCUT2D eigenvalue weighted by Gasteiger charge is -2.36. The highest BCUT2D eigenvalue weighted by molar-refractivity contribution is 5.39. The van der Waals surface area contributed by atoms with E-state index in [4.69, 9.17) is 0 Å². The summed E-state index contributed by atoms with van der Waals surface area (Å²) >= 11 is 0. The molecule has 21 heavy (non-hydrogen) atoms. The predicted molar refractivity (Wildman–Crippen MR) is 80.8 cm³/mol. The smallest absolute Gasteiger partial charge is 0.387 e. The largest absolute Gasteiger partial charge is 0.435 e. The minimum atomic E-state index is -2.78. The Kier molecular flexibility index (Phi) is 4.87. The molecule has 2 atom stereocenters. The Morgan fingerprint density at radius 1 is 1.29 bits per heavy atom. The monoisotopic (exact) mass is 297 g/mol. The summed E-state index contributed by atoms with van der Waals surface area (Å²) in [7, 11) is 0. The maximum atomic E-state index is 12.4. The van der Waals surface area contributed by atoms with E-state index in [1.54, 1.807) is 12.1 Å². The second-order valence-electron chi connectivity index (χ2n) is 7.09. The van der Waals surface area contributed by atoms with E-state index < -0.39 is 6.61 Å². The van der Waals surface area contributed by atoms with E-state index in [2.05, 4.69) is 37.7 Å². The number of aryl methyl sites for hydroxylation is 1. The number of benzene rings is 1. The van der Waals surface area contributed by atoms with Gasteiger partial charge >= 0.3 is 6.61 Å². The van der Waals surface area contributed by atoms with Crippen molar-refractivity contribution in [2.45, 2.75) is 53.2 Å². The van der Waals surface area contributed by atoms with Crippen LogP contribution in [0.3, 0.4) is 0 Å². The molecule has 0 saturated carbocycles. The SMILES string of the molecule is CC1CCc2ccc(OC(F)F)cc2C(C(C)(C)C)NC1. The molecule has 2 rings (SSSR count). The average Bonchev–Trinajstić information content (AvgIpc) is 2.33. The summed E-state index contributed by atoms with van der Waals surface area (Å²) in [6.07, 6.45) is 2.09. The molecule has 2 unspecified atom stereocenters. The van der Waals surface area contributed by atoms with Gasteiger partial charge in [0, 0.05) is 6.04 Å². The lowest BCUT2D eigenvalue weighted by atomic mass is 9.78. The highest BCUT2D eigenvalue weighted by atomic mass is 19.3. The molecule has 0 bridgehead atoms. The van der Waals surface area contributed by atoms with E-state index in [-0.39, 0.29) is 17.2 Å². The molecule has 4 heteroatoms. The van der Waals surface area contributed by atoms with Crippen LogP contribution in [0.1, 0.15) is 51.3 Å². The number of rotatable bonds is 2. The third kappa shape index (κ3) is 4.16. The van der Waals surface area contributed by atoms with Gasteiger partial charge in [0.25, 0.3) is 0 Å². The van der Waals surface area contributed by atoms with E-state index in [0.717, 1.165) is 24.9 Å². The normalized spacial score (nSPS) is 23.4. The molecule has 0 saturated heterocycles. The van der Waals surface area contributed by atoms with Gasteiger partial charge in [0.2, 0.25) is 0 Å². The molecular formula is C17H25F2NO. The minimum Gasteiger partial charge on any atom is -0.435 e. The Morgan fingerprint density at radius 2 is 2.00 bits per heavy atom. The molecule has 1 aliphatic heterocycles. The summed E-state index contributed by atoms with van der Waals surface area (Å²) in [6.45, 7) is 6.91. The molecule has 0 radical (unpaired) electrons. The van der Waals surface area contributed by atoms with Crippen molar-refractivity contribution in [2.24, 2.45) is 11.3 Å². The van der Waals surface area contributed by atoms with E-state index in [1.165, 1.54) is 5.56 Å². The Labute approximate surface area is 125 Å². The molecule has 1 N–H and O–H groups in total. The Hall–Kier alpha value is -1.16. The van der Waals surface area contributed by atoms with Gasteiger partial charge in [-0.25, -0.2) is 0 Å². The van der Waals surface area contributed by atoms with Gasteiger partial charge in [-0.2, -0.15) is 8.78 Å². The number of hydrogen-bond acceptors (Lipinski definition) is 2. The summed E-state index contributed by atoms with van der Waals surface area (Å²) in [4.78, 5) is 0. The Bertz CT molecular complexity index is 482. The Balaban J connectivity index is 2.41. The van der Waals surface area contributed by atoms with Crippen LogP contribution < -0.4 is 10.1 Å². The Morgan fingerprint density at radius 3 is 2.62 bits per heavy atom. The van der Waals surface area contributed by atoms with Crippen LogP contribution in [0.25, 0.3) is 0 Å². The zero-order valence-electron chi connectivity index (χ0n) is 13.2. The van der Waals surface area contributed by atoms with Gasteiger partial charge in [-0.3, -0.25) is 0 Å². The third-order valence-electron chi connectivity index (χ3n) is 4.10. The molecule has 1 aromatic carbocycles. The molecule has 1 aliphatic rings. The number of halogens is 2. The van der Waals surface area contributed by atoms with Crippen LogP contribution in [-0.4, -0.2) is 13.2 Å². The molecule has 0 fully saturated rings. The first-order valence-corrected chi connectivity index (χ1v) is 7.58. The van der Waals surface area contributed by atoms with Crippen molar-refractivity contribution in [3.8, 4) is 5.75 Å². The van der Waals surface area contributed by atoms with Crippen LogP contribution in [0.4, 0.5) is 8.78 Å². The molecule has 0 aromatic heterocycles. The topological polar surface area (TPSA) is 21.3 Å². The van der Waals surface area contributed by atoms with Crippen molar-refractivity contribution in [3.63, 3.8) is 0 Å². The average molecular weight is 297 g/mol. The fraction of sp³-hybridized carbons (Fsp3) is 0.647. The van der Waals surface area contributed by atoms with Crippen LogP contribution >= 0.6 is 0 Å². The fourth-order valence-electron chi connectivity index (χ4n) is 2.95. The van der Waals surface area contributed by atoms with Gasteiger partial charge in [-0.05, 0) is 54.0 Å². The molecule has 0 spiro atoms. The standard InChI is InChI=1S/C17H25F2NO/c1-11-5-6-12-7-8-13(21-16(18)19)9-14(12)15(20-10-11)17(2,3)4/h7-9,11,15-16,20H,5-6,10H2,1-4H3. The maximum absolute atomic E-state index is 12.4. The summed E-state index contributed by atoms with van der Waals surface area (Å²) in [6, 6.07) is 5.50. The van der Waals surface area contributed by atoms with Crippen LogP contribution in [0, 0.1) is 11.3 Å². The maximum Gasteiger partial charge on any atom is 0.387 e. The van der Waals surface area contributed by atoms with Crippen LogP contribution in [0.15, 0.2) is 18.2 Å². The second-order valence-corrected chi connectivity index (χ2v) is 7.09. The molecule has 1 heterocycles. The summed E-state index contributed by atoms with van der Waals surface area (Å²) in [5.41, 5.74) is 2.33. The van der Waals surface area contributed by atoms with Gasteiger partial charge in [-0.15, -0.1) is 0 Å². The summed E-state index contributed by atoms with van der Waals surface area (Å²) in [5, 5.41) is 3.60. The summed E-state index contributed by atoms with van der Waals surface area (Å²) < 4.78 is 29.5. The van der Waals surface area contributed by atoms with Gasteiger partial charge < -0.3 is 10.1 Å². The predicted octanol–water partition coefficient (Wildman–Crippen LogP) is 4.55. The van der Waals surface area contributed by atoms with Crippen LogP contribution in [-0.2, 0) is 6.42 Å². The van der Waals surface area contributed by atoms with Crippen molar-refractivity contribution in [2.75, 3.05) is 6.54 Å². The first kappa shape index (κ1) is 16.2. The van der Waals surface area contributed by atoms with Crippen molar-refractivity contribution < 1.29 is 13.5 Å². The van der Waals surface area contributed by atoms with E-state index in [9.17, 15) is 8.78 Å². The first-order valence-electron chi connectivity index (χ1n) is 7.58.